The molecule has 558 valence electrons. The van der Waals surface area contributed by atoms with Crippen molar-refractivity contribution in [2.75, 3.05) is 0 Å². The molecule has 0 bridgehead atoms. The van der Waals surface area contributed by atoms with Crippen LogP contribution in [0.5, 0.6) is 0 Å². The van der Waals surface area contributed by atoms with Crippen LogP contribution >= 0.6 is 0 Å². The van der Waals surface area contributed by atoms with Crippen LogP contribution in [0.2, 0.25) is 0 Å². The minimum atomic E-state index is -2.81. The zero-order valence-electron chi connectivity index (χ0n) is 65.3. The maximum absolute atomic E-state index is 2.81. The van der Waals surface area contributed by atoms with E-state index in [2.05, 4.69) is 491 Å². The van der Waals surface area contributed by atoms with Crippen LogP contribution in [0.3, 0.4) is 0 Å². The van der Waals surface area contributed by atoms with E-state index in [0.717, 1.165) is 22.6 Å². The molecule has 119 heavy (non-hydrogen) atoms. The van der Waals surface area contributed by atoms with Gasteiger partial charge >= 0.3 is 0 Å². The lowest BCUT2D eigenvalue weighted by Crippen LogP contribution is -2.74. The topological polar surface area (TPSA) is 19.7 Å². The molecule has 5 heteroatoms. The van der Waals surface area contributed by atoms with E-state index in [0.29, 0.717) is 0 Å². The highest BCUT2D eigenvalue weighted by atomic mass is 28.3. The van der Waals surface area contributed by atoms with Crippen LogP contribution in [-0.4, -0.2) is 26.3 Å². The molecular formula is C114H78N4Si. The smallest absolute Gasteiger partial charge is 0.179 e. The second-order valence-corrected chi connectivity index (χ2v) is 34.8. The number of hydrogen-bond donors (Lipinski definition) is 0. The summed E-state index contributed by atoms with van der Waals surface area (Å²) >= 11 is 0. The van der Waals surface area contributed by atoms with Crippen LogP contribution in [0.4, 0.5) is 0 Å². The van der Waals surface area contributed by atoms with Crippen molar-refractivity contribution < 1.29 is 0 Å². The maximum atomic E-state index is 2.53. The fraction of sp³-hybridized carbons (Fsp3) is 0. The second kappa shape index (κ2) is 29.8. The summed E-state index contributed by atoms with van der Waals surface area (Å²) in [6.45, 7) is 0. The molecular weight excluding hydrogens is 1450 g/mol. The van der Waals surface area contributed by atoms with Gasteiger partial charge in [0, 0.05) is 76.7 Å². The molecule has 23 rings (SSSR count). The van der Waals surface area contributed by atoms with Crippen LogP contribution in [-0.2, 0) is 0 Å². The van der Waals surface area contributed by atoms with Crippen molar-refractivity contribution in [2.45, 2.75) is 0 Å². The van der Waals surface area contributed by atoms with E-state index >= 15 is 0 Å². The first-order chi connectivity index (χ1) is 59.1. The molecule has 0 spiro atoms. The van der Waals surface area contributed by atoms with Gasteiger partial charge in [0.15, 0.2) is 8.07 Å². The summed E-state index contributed by atoms with van der Waals surface area (Å²) in [7, 11) is -2.81. The Kier molecular flexibility index (Phi) is 17.6. The summed E-state index contributed by atoms with van der Waals surface area (Å²) in [5.74, 6) is 0. The van der Waals surface area contributed by atoms with Crippen molar-refractivity contribution in [1.29, 1.82) is 0 Å². The molecule has 0 radical (unpaired) electrons. The van der Waals surface area contributed by atoms with Crippen molar-refractivity contribution in [3.63, 3.8) is 0 Å². The highest BCUT2D eigenvalue weighted by Crippen LogP contribution is 2.48. The fourth-order valence-corrected chi connectivity index (χ4v) is 23.9. The van der Waals surface area contributed by atoms with Gasteiger partial charge in [-0.25, -0.2) is 0 Å². The van der Waals surface area contributed by atoms with E-state index < -0.39 is 8.07 Å². The Hall–Kier alpha value is -15.4. The van der Waals surface area contributed by atoms with E-state index in [4.69, 9.17) is 0 Å². The van der Waals surface area contributed by atoms with Crippen molar-refractivity contribution in [1.82, 2.24) is 18.3 Å². The van der Waals surface area contributed by atoms with Crippen molar-refractivity contribution in [3.8, 4) is 89.5 Å². The first-order valence-electron chi connectivity index (χ1n) is 41.0. The van der Waals surface area contributed by atoms with Crippen molar-refractivity contribution in [2.24, 2.45) is 0 Å². The Balaban J connectivity index is 0.000000151. The van der Waals surface area contributed by atoms with Gasteiger partial charge in [-0.15, -0.1) is 0 Å². The third-order valence-electron chi connectivity index (χ3n) is 24.4. The zero-order chi connectivity index (χ0) is 78.7. The van der Waals surface area contributed by atoms with E-state index in [9.17, 15) is 0 Å². The lowest BCUT2D eigenvalue weighted by molar-refractivity contribution is 1.17. The van der Waals surface area contributed by atoms with Gasteiger partial charge in [-0.1, -0.05) is 376 Å². The summed E-state index contributed by atoms with van der Waals surface area (Å²) in [6.07, 6.45) is 0. The quantitative estimate of drug-likeness (QED) is 0.0764. The maximum Gasteiger partial charge on any atom is 0.179 e. The van der Waals surface area contributed by atoms with Gasteiger partial charge in [-0.3, -0.25) is 0 Å². The lowest BCUT2D eigenvalue weighted by atomic mass is 9.90. The number of aromatic nitrogens is 4. The van der Waals surface area contributed by atoms with Crippen molar-refractivity contribution >= 4 is 116 Å². The number of nitrogens with zero attached hydrogens (tertiary/aromatic N) is 4. The standard InChI is InChI=1S/C66H46N2Si.C48H32N2/c1-7-23-47(24-8-1)50-43-59(48-25-9-2-10-26-48)66(60(44-50)49-27-11-3-12-28-49)68-63-38-22-20-36-57(63)61-45-51(39-42-64(61)68)67-62-37-21-19-35-56(62)58-41-40-55(46-65(58)67)69(52-29-13-4-14-30-52,53-31-15-5-16-32-53)54-33-17-6-18-34-54;1-4-16-33(17-5-1)36-30-41(34-18-6-2-7-19-34)48(42(31-36)35-20-8-3-9-21-35)50-46-27-15-12-24-40(46)43-32-37(28-29-47(43)50)49-44-25-13-10-22-38(44)39-23-11-14-26-45(39)49/h1-46H;1-32H. The molecule has 0 N–H and O–H groups in total. The molecule has 0 unspecified atom stereocenters. The molecule has 19 aromatic carbocycles. The van der Waals surface area contributed by atoms with E-state index in [1.165, 1.54) is 175 Å². The predicted molar refractivity (Wildman–Crippen MR) is 506 cm³/mol. The molecule has 0 aliphatic rings. The highest BCUT2D eigenvalue weighted by molar-refractivity contribution is 7.20. The second-order valence-electron chi connectivity index (χ2n) is 30.9. The molecule has 4 aromatic heterocycles. The first kappa shape index (κ1) is 70.2. The Labute approximate surface area is 692 Å². The number of benzene rings is 19. The third-order valence-corrected chi connectivity index (χ3v) is 29.1. The summed E-state index contributed by atoms with van der Waals surface area (Å²) in [6, 6.07) is 174. The average Bonchev–Trinajstić information content (AvgIpc) is 1.64. The van der Waals surface area contributed by atoms with Gasteiger partial charge < -0.3 is 18.3 Å². The molecule has 4 heterocycles. The monoisotopic (exact) mass is 1530 g/mol. The first-order valence-corrected chi connectivity index (χ1v) is 43.0. The number of fused-ring (bicyclic) bond motifs is 12. The molecule has 0 amide bonds. The molecule has 0 fully saturated rings. The summed E-state index contributed by atoms with van der Waals surface area (Å²) < 4.78 is 9.95. The average molecular weight is 1530 g/mol. The van der Waals surface area contributed by atoms with Crippen LogP contribution < -0.4 is 20.7 Å². The van der Waals surface area contributed by atoms with Crippen LogP contribution in [0.25, 0.3) is 177 Å². The van der Waals surface area contributed by atoms with Gasteiger partial charge in [0.2, 0.25) is 0 Å². The predicted octanol–water partition coefficient (Wildman–Crippen LogP) is 27.1. The molecule has 0 saturated carbocycles. The normalized spacial score (nSPS) is 11.7. The molecule has 0 saturated heterocycles. The Morgan fingerprint density at radius 3 is 0.681 bits per heavy atom. The fourth-order valence-electron chi connectivity index (χ4n) is 19.1. The number of hydrogen-bond acceptors (Lipinski definition) is 0. The van der Waals surface area contributed by atoms with Crippen LogP contribution in [0.1, 0.15) is 0 Å². The Bertz CT molecular complexity index is 7460. The number of para-hydroxylation sites is 5. The minimum Gasteiger partial charge on any atom is -0.309 e. The van der Waals surface area contributed by atoms with Gasteiger partial charge in [-0.05, 0) is 162 Å². The van der Waals surface area contributed by atoms with E-state index in [1.54, 1.807) is 0 Å². The Morgan fingerprint density at radius 1 is 0.134 bits per heavy atom. The molecule has 23 aromatic rings. The molecule has 0 aliphatic carbocycles. The SMILES string of the molecule is c1ccc(-c2cc(-c3ccccc3)c(-n3c4ccccc4c4cc(-n5c6ccccc6c6ccc([Si](c7ccccc7)(c7ccccc7)c7ccccc7)cc65)ccc43)c(-c3ccccc3)c2)cc1.c1ccc(-c2cc(-c3ccccc3)c(-n3c4ccccc4c4cc(-n5c6ccccc6c6ccccc65)ccc43)c(-c3ccccc3)c2)cc1. The molecule has 4 nitrogen and oxygen atoms in total. The summed E-state index contributed by atoms with van der Waals surface area (Å²) in [5.41, 5.74) is 28.4. The van der Waals surface area contributed by atoms with E-state index in [-0.39, 0.29) is 0 Å². The highest BCUT2D eigenvalue weighted by Gasteiger charge is 2.42. The summed E-state index contributed by atoms with van der Waals surface area (Å²) in [4.78, 5) is 0. The molecule has 0 atom stereocenters. The minimum absolute atomic E-state index is 1.13. The Morgan fingerprint density at radius 2 is 0.370 bits per heavy atom. The van der Waals surface area contributed by atoms with Crippen LogP contribution in [0, 0.1) is 0 Å². The zero-order valence-corrected chi connectivity index (χ0v) is 66.3. The largest absolute Gasteiger partial charge is 0.309 e. The van der Waals surface area contributed by atoms with E-state index in [1.807, 2.05) is 0 Å². The van der Waals surface area contributed by atoms with Gasteiger partial charge in [0.25, 0.3) is 0 Å². The van der Waals surface area contributed by atoms with Gasteiger partial charge in [-0.2, -0.15) is 0 Å². The lowest BCUT2D eigenvalue weighted by Gasteiger charge is -2.34. The van der Waals surface area contributed by atoms with Crippen LogP contribution in [0.15, 0.2) is 473 Å². The van der Waals surface area contributed by atoms with Gasteiger partial charge in [0.1, 0.15) is 0 Å². The molecule has 0 aliphatic heterocycles. The third kappa shape index (κ3) is 12.0. The van der Waals surface area contributed by atoms with Gasteiger partial charge in [0.05, 0.1) is 55.5 Å². The van der Waals surface area contributed by atoms with Crippen molar-refractivity contribution in [3.05, 3.63) is 473 Å². The number of rotatable bonds is 14. The summed E-state index contributed by atoms with van der Waals surface area (Å²) in [5, 5.41) is 15.3.